The predicted molar refractivity (Wildman–Crippen MR) is 179 cm³/mol. The monoisotopic (exact) mass is 681 g/mol. The SMILES string of the molecule is C=C(/C=C/c1ccc(/C(=C(\c2ccc(C#N)cc2Cl)C2CCC2)c2ccc(NPI)c(C(=N)F)c2)cc1)CCC. The lowest BCUT2D eigenvalue weighted by atomic mass is 9.73. The molecule has 0 radical (unpaired) electrons. The van der Waals surface area contributed by atoms with Crippen molar-refractivity contribution in [1.82, 2.24) is 0 Å². The van der Waals surface area contributed by atoms with Crippen LogP contribution in [0.2, 0.25) is 5.02 Å². The Labute approximate surface area is 256 Å². The third kappa shape index (κ3) is 7.10. The summed E-state index contributed by atoms with van der Waals surface area (Å²) in [5, 5.41) is 21.0. The Kier molecular flexibility index (Phi) is 10.7. The summed E-state index contributed by atoms with van der Waals surface area (Å²) >= 11 is 9.01. The van der Waals surface area contributed by atoms with E-state index in [1.165, 1.54) is 0 Å². The molecular formula is C33H31ClFIN3P. The Morgan fingerprint density at radius 1 is 1.15 bits per heavy atom. The molecule has 0 heterocycles. The molecule has 3 nitrogen and oxygen atoms in total. The minimum atomic E-state index is -0.979. The Morgan fingerprint density at radius 2 is 1.88 bits per heavy atom. The Bertz CT molecular complexity index is 1520. The zero-order valence-corrected chi connectivity index (χ0v) is 26.2. The zero-order chi connectivity index (χ0) is 28.6. The summed E-state index contributed by atoms with van der Waals surface area (Å²) in [5.74, 6) is -0.702. The molecule has 40 heavy (non-hydrogen) atoms. The molecule has 1 atom stereocenters. The molecule has 1 fully saturated rings. The van der Waals surface area contributed by atoms with E-state index in [0.717, 1.165) is 71.1 Å². The van der Waals surface area contributed by atoms with Crippen molar-refractivity contribution in [3.8, 4) is 6.07 Å². The van der Waals surface area contributed by atoms with E-state index in [2.05, 4.69) is 83.1 Å². The van der Waals surface area contributed by atoms with Gasteiger partial charge < -0.3 is 5.09 Å². The molecule has 3 aromatic rings. The molecule has 1 unspecified atom stereocenters. The highest BCUT2D eigenvalue weighted by Gasteiger charge is 2.29. The van der Waals surface area contributed by atoms with E-state index >= 15 is 0 Å². The first-order chi connectivity index (χ1) is 19.4. The smallest absolute Gasteiger partial charge is 0.214 e. The van der Waals surface area contributed by atoms with Crippen LogP contribution < -0.4 is 5.09 Å². The van der Waals surface area contributed by atoms with Crippen molar-refractivity contribution in [3.63, 3.8) is 0 Å². The minimum Gasteiger partial charge on any atom is -0.358 e. The molecule has 1 saturated carbocycles. The van der Waals surface area contributed by atoms with Gasteiger partial charge in [0.25, 0.3) is 0 Å². The van der Waals surface area contributed by atoms with Gasteiger partial charge in [0.2, 0.25) is 5.97 Å². The van der Waals surface area contributed by atoms with Crippen molar-refractivity contribution in [3.05, 3.63) is 117 Å². The number of hydrogen-bond acceptors (Lipinski definition) is 3. The molecule has 0 aliphatic heterocycles. The first-order valence-corrected chi connectivity index (χ1v) is 17.8. The molecule has 0 aromatic heterocycles. The summed E-state index contributed by atoms with van der Waals surface area (Å²) in [5.41, 5.74) is 8.24. The maximum atomic E-state index is 14.5. The van der Waals surface area contributed by atoms with Crippen LogP contribution in [0.5, 0.6) is 0 Å². The quantitative estimate of drug-likeness (QED) is 0.0696. The van der Waals surface area contributed by atoms with E-state index in [1.807, 2.05) is 18.2 Å². The number of rotatable bonds is 11. The highest BCUT2D eigenvalue weighted by molar-refractivity contribution is 14.2. The van der Waals surface area contributed by atoms with Gasteiger partial charge in [0.15, 0.2) is 0 Å². The van der Waals surface area contributed by atoms with Crippen LogP contribution in [0, 0.1) is 22.7 Å². The van der Waals surface area contributed by atoms with Crippen LogP contribution in [-0.2, 0) is 0 Å². The third-order valence-corrected chi connectivity index (χ3v) is 8.67. The summed E-state index contributed by atoms with van der Waals surface area (Å²) in [4.78, 5) is 0. The lowest BCUT2D eigenvalue weighted by Crippen LogP contribution is -2.15. The summed E-state index contributed by atoms with van der Waals surface area (Å²) in [6.07, 6.45) is 9.68. The first kappa shape index (κ1) is 30.2. The second-order valence-electron chi connectivity index (χ2n) is 9.88. The van der Waals surface area contributed by atoms with Gasteiger partial charge in [-0.2, -0.15) is 9.65 Å². The van der Waals surface area contributed by atoms with Gasteiger partial charge in [-0.3, -0.25) is 5.41 Å². The van der Waals surface area contributed by atoms with Crippen LogP contribution in [0.25, 0.3) is 17.2 Å². The Hall–Kier alpha value is -2.78. The molecule has 204 valence electrons. The van der Waals surface area contributed by atoms with Gasteiger partial charge >= 0.3 is 0 Å². The van der Waals surface area contributed by atoms with E-state index in [0.29, 0.717) is 22.6 Å². The zero-order valence-electron chi connectivity index (χ0n) is 22.3. The van der Waals surface area contributed by atoms with Crippen molar-refractivity contribution >= 4 is 68.9 Å². The van der Waals surface area contributed by atoms with Gasteiger partial charge in [0.05, 0.1) is 17.2 Å². The number of halogens is 3. The topological polar surface area (TPSA) is 59.7 Å². The van der Waals surface area contributed by atoms with Crippen LogP contribution >= 0.6 is 40.0 Å². The lowest BCUT2D eigenvalue weighted by Gasteiger charge is -2.32. The van der Waals surface area contributed by atoms with Crippen molar-refractivity contribution in [2.24, 2.45) is 5.92 Å². The fourth-order valence-corrected chi connectivity index (χ4v) is 6.43. The van der Waals surface area contributed by atoms with E-state index < -0.39 is 5.97 Å². The van der Waals surface area contributed by atoms with Crippen LogP contribution in [-0.4, -0.2) is 5.97 Å². The second kappa shape index (κ2) is 14.2. The molecule has 4 rings (SSSR count). The van der Waals surface area contributed by atoms with Gasteiger partial charge in [-0.15, -0.1) is 0 Å². The van der Waals surface area contributed by atoms with Crippen LogP contribution in [0.3, 0.4) is 0 Å². The molecule has 7 heteroatoms. The Balaban J connectivity index is 1.94. The van der Waals surface area contributed by atoms with E-state index in [4.69, 9.17) is 17.0 Å². The largest absolute Gasteiger partial charge is 0.358 e. The molecule has 0 saturated heterocycles. The molecule has 1 aliphatic carbocycles. The van der Waals surface area contributed by atoms with Gasteiger partial charge in [-0.25, -0.2) is 0 Å². The standard InChI is InChI=1S/C33H31ClFIN3P/c1-3-5-21(2)8-9-22-10-13-25(14-11-22)31(26-15-17-30(39-40-36)28(19-26)33(35)38)32(24-6-4-7-24)27-16-12-23(20-37)18-29(27)34/h8-19,24,38-40H,2-7H2,1H3/b9-8+,32-31+,38-33?. The second-order valence-corrected chi connectivity index (χ2v) is 12.3. The maximum absolute atomic E-state index is 14.5. The van der Waals surface area contributed by atoms with E-state index in [-0.39, 0.29) is 11.5 Å². The molecule has 0 bridgehead atoms. The first-order valence-electron chi connectivity index (χ1n) is 13.3. The number of benzene rings is 3. The molecule has 1 aliphatic rings. The summed E-state index contributed by atoms with van der Waals surface area (Å²) in [7, 11) is 0. The number of nitrogens with one attached hydrogen (secondary N) is 2. The third-order valence-electron chi connectivity index (χ3n) is 7.18. The highest BCUT2D eigenvalue weighted by atomic mass is 127. The normalized spacial score (nSPS) is 14.2. The Morgan fingerprint density at radius 3 is 2.45 bits per heavy atom. The van der Waals surface area contributed by atoms with Crippen molar-refractivity contribution in [2.75, 3.05) is 5.09 Å². The number of hydrogen-bond donors (Lipinski definition) is 2. The van der Waals surface area contributed by atoms with Gasteiger partial charge in [-0.05, 0) is 105 Å². The fraction of sp³-hybridized carbons (Fsp3) is 0.212. The summed E-state index contributed by atoms with van der Waals surface area (Å²) < 4.78 is 14.5. The van der Waals surface area contributed by atoms with Crippen LogP contribution in [0.15, 0.2) is 78.9 Å². The van der Waals surface area contributed by atoms with Gasteiger partial charge in [0.1, 0.15) is 0 Å². The van der Waals surface area contributed by atoms with E-state index in [9.17, 15) is 9.65 Å². The number of nitrogens with zero attached hydrogens (tertiary/aromatic N) is 1. The molecule has 3 aromatic carbocycles. The van der Waals surface area contributed by atoms with Crippen molar-refractivity contribution < 1.29 is 4.39 Å². The average molecular weight is 682 g/mol. The number of nitriles is 1. The van der Waals surface area contributed by atoms with Crippen LogP contribution in [0.4, 0.5) is 10.1 Å². The van der Waals surface area contributed by atoms with Crippen molar-refractivity contribution in [2.45, 2.75) is 39.0 Å². The summed E-state index contributed by atoms with van der Waals surface area (Å²) in [6.45, 7) is 6.26. The fourth-order valence-electron chi connectivity index (χ4n) is 4.96. The lowest BCUT2D eigenvalue weighted by molar-refractivity contribution is 0.401. The highest BCUT2D eigenvalue weighted by Crippen LogP contribution is 2.47. The molecule has 2 N–H and O–H groups in total. The van der Waals surface area contributed by atoms with Crippen molar-refractivity contribution in [1.29, 1.82) is 10.7 Å². The van der Waals surface area contributed by atoms with E-state index in [1.54, 1.807) is 18.2 Å². The molecule has 0 amide bonds. The van der Waals surface area contributed by atoms with Crippen LogP contribution in [0.1, 0.15) is 72.4 Å². The molecular weight excluding hydrogens is 651 g/mol. The maximum Gasteiger partial charge on any atom is 0.214 e. The van der Waals surface area contributed by atoms with Gasteiger partial charge in [-0.1, -0.05) is 92.1 Å². The predicted octanol–water partition coefficient (Wildman–Crippen LogP) is 11.0. The summed E-state index contributed by atoms with van der Waals surface area (Å²) in [6, 6.07) is 21.5. The molecule has 0 spiro atoms. The number of anilines is 1. The number of allylic oxidation sites excluding steroid dienone is 3. The minimum absolute atomic E-state index is 0.229. The van der Waals surface area contributed by atoms with Gasteiger partial charge in [0, 0.05) is 17.1 Å². The average Bonchev–Trinajstić information content (AvgIpc) is 2.92.